The molecule has 0 fully saturated rings. The summed E-state index contributed by atoms with van der Waals surface area (Å²) in [6.45, 7) is 2.03. The molecule has 0 spiro atoms. The Balaban J connectivity index is 1.99. The number of pyridine rings is 1. The number of nitrogens with one attached hydrogen (secondary N) is 1. The van der Waals surface area contributed by atoms with Crippen LogP contribution in [-0.4, -0.2) is 20.2 Å². The summed E-state index contributed by atoms with van der Waals surface area (Å²) in [4.78, 5) is 8.17. The number of aromatic nitrogens is 4. The van der Waals surface area contributed by atoms with Crippen LogP contribution in [0, 0.1) is 6.92 Å². The number of rotatable bonds is 3. The van der Waals surface area contributed by atoms with Gasteiger partial charge in [0.15, 0.2) is 0 Å². The predicted octanol–water partition coefficient (Wildman–Crippen LogP) is 0.876. The molecule has 2 aromatic rings. The third kappa shape index (κ3) is 2.52. The van der Waals surface area contributed by atoms with Crippen molar-refractivity contribution in [2.75, 3.05) is 5.73 Å². The summed E-state index contributed by atoms with van der Waals surface area (Å²) >= 11 is 0. The number of aromatic amines is 1. The number of nitrogen functional groups attached to an aromatic ring is 1. The summed E-state index contributed by atoms with van der Waals surface area (Å²) in [6, 6.07) is 2.12. The molecule has 78 valence electrons. The highest BCUT2D eigenvalue weighted by Crippen LogP contribution is 2.05. The fourth-order valence-corrected chi connectivity index (χ4v) is 1.44. The minimum atomic E-state index is 0.298. The zero-order chi connectivity index (χ0) is 10.7. The molecule has 0 unspecified atom stereocenters. The number of hydrogen-bond acceptors (Lipinski definition) is 4. The van der Waals surface area contributed by atoms with E-state index in [0.29, 0.717) is 5.95 Å². The second-order valence-electron chi connectivity index (χ2n) is 3.51. The Hall–Kier alpha value is -1.91. The van der Waals surface area contributed by atoms with Gasteiger partial charge in [-0.2, -0.15) is 4.98 Å². The third-order valence-corrected chi connectivity index (χ3v) is 2.13. The molecule has 0 aliphatic rings. The predicted molar refractivity (Wildman–Crippen MR) is 57.2 cm³/mol. The van der Waals surface area contributed by atoms with E-state index >= 15 is 0 Å². The van der Waals surface area contributed by atoms with Gasteiger partial charge in [0.1, 0.15) is 5.82 Å². The minimum Gasteiger partial charge on any atom is -0.367 e. The smallest absolute Gasteiger partial charge is 0.239 e. The van der Waals surface area contributed by atoms with Crippen LogP contribution in [0.3, 0.4) is 0 Å². The molecule has 0 atom stereocenters. The average molecular weight is 203 g/mol. The summed E-state index contributed by atoms with van der Waals surface area (Å²) in [5.41, 5.74) is 7.78. The van der Waals surface area contributed by atoms with E-state index in [9.17, 15) is 0 Å². The van der Waals surface area contributed by atoms with E-state index < -0.39 is 0 Å². The summed E-state index contributed by atoms with van der Waals surface area (Å²) in [5.74, 6) is 1.11. The van der Waals surface area contributed by atoms with Crippen LogP contribution in [0.4, 0.5) is 5.95 Å². The van der Waals surface area contributed by atoms with E-state index in [0.717, 1.165) is 18.7 Å². The van der Waals surface area contributed by atoms with Crippen molar-refractivity contribution in [2.24, 2.45) is 0 Å². The first kappa shape index (κ1) is 9.64. The molecule has 0 saturated carbocycles. The number of anilines is 1. The maximum atomic E-state index is 5.41. The average Bonchev–Trinajstić information content (AvgIpc) is 2.62. The molecule has 2 rings (SSSR count). The van der Waals surface area contributed by atoms with Crippen LogP contribution in [0.5, 0.6) is 0 Å². The summed E-state index contributed by atoms with van der Waals surface area (Å²) in [5, 5.41) is 6.56. The van der Waals surface area contributed by atoms with E-state index in [1.54, 1.807) is 0 Å². The van der Waals surface area contributed by atoms with E-state index in [1.165, 1.54) is 11.1 Å². The Morgan fingerprint density at radius 3 is 2.87 bits per heavy atom. The molecule has 0 aliphatic carbocycles. The van der Waals surface area contributed by atoms with E-state index in [2.05, 4.69) is 26.2 Å². The molecule has 0 bridgehead atoms. The first-order valence-electron chi connectivity index (χ1n) is 4.81. The monoisotopic (exact) mass is 203 g/mol. The molecule has 0 radical (unpaired) electrons. The lowest BCUT2D eigenvalue weighted by Crippen LogP contribution is -1.95. The molecule has 15 heavy (non-hydrogen) atoms. The molecular formula is C10H13N5. The van der Waals surface area contributed by atoms with Crippen molar-refractivity contribution >= 4 is 5.95 Å². The molecule has 0 amide bonds. The first-order valence-corrected chi connectivity index (χ1v) is 4.81. The third-order valence-electron chi connectivity index (χ3n) is 2.13. The van der Waals surface area contributed by atoms with Crippen LogP contribution >= 0.6 is 0 Å². The van der Waals surface area contributed by atoms with Gasteiger partial charge >= 0.3 is 0 Å². The minimum absolute atomic E-state index is 0.298. The highest BCUT2D eigenvalue weighted by atomic mass is 15.3. The molecule has 0 aromatic carbocycles. The van der Waals surface area contributed by atoms with Gasteiger partial charge in [-0.3, -0.25) is 10.1 Å². The zero-order valence-corrected chi connectivity index (χ0v) is 8.57. The van der Waals surface area contributed by atoms with Crippen molar-refractivity contribution in [3.63, 3.8) is 0 Å². The lowest BCUT2D eigenvalue weighted by atomic mass is 10.1. The van der Waals surface area contributed by atoms with Gasteiger partial charge in [0.25, 0.3) is 0 Å². The maximum Gasteiger partial charge on any atom is 0.239 e. The van der Waals surface area contributed by atoms with Crippen molar-refractivity contribution in [1.29, 1.82) is 0 Å². The number of H-pyrrole nitrogens is 1. The topological polar surface area (TPSA) is 80.5 Å². The number of hydrogen-bond donors (Lipinski definition) is 2. The number of aryl methyl sites for hydroxylation is 3. The molecule has 0 saturated heterocycles. The molecule has 5 heteroatoms. The first-order chi connectivity index (χ1) is 7.24. The lowest BCUT2D eigenvalue weighted by Gasteiger charge is -1.99. The van der Waals surface area contributed by atoms with Crippen LogP contribution in [0.2, 0.25) is 0 Å². The molecular weight excluding hydrogens is 190 g/mol. The molecule has 5 nitrogen and oxygen atoms in total. The highest BCUT2D eigenvalue weighted by Gasteiger charge is 2.00. The van der Waals surface area contributed by atoms with Crippen LogP contribution < -0.4 is 5.73 Å². The van der Waals surface area contributed by atoms with Gasteiger partial charge in [0, 0.05) is 18.8 Å². The van der Waals surface area contributed by atoms with Gasteiger partial charge in [0.2, 0.25) is 5.95 Å². The van der Waals surface area contributed by atoms with Crippen LogP contribution in [0.25, 0.3) is 0 Å². The van der Waals surface area contributed by atoms with Gasteiger partial charge in [0.05, 0.1) is 0 Å². The SMILES string of the molecule is Cc1cncc(CCc2nc(N)n[nH]2)c1. The van der Waals surface area contributed by atoms with Crippen molar-refractivity contribution in [3.05, 3.63) is 35.4 Å². The largest absolute Gasteiger partial charge is 0.367 e. The maximum absolute atomic E-state index is 5.41. The summed E-state index contributed by atoms with van der Waals surface area (Å²) in [7, 11) is 0. The normalized spacial score (nSPS) is 10.5. The Morgan fingerprint density at radius 1 is 1.33 bits per heavy atom. The van der Waals surface area contributed by atoms with Crippen molar-refractivity contribution in [2.45, 2.75) is 19.8 Å². The van der Waals surface area contributed by atoms with Crippen LogP contribution in [0.15, 0.2) is 18.5 Å². The highest BCUT2D eigenvalue weighted by molar-refractivity contribution is 5.18. The number of nitrogens with zero attached hydrogens (tertiary/aromatic N) is 3. The van der Waals surface area contributed by atoms with Crippen LogP contribution in [0.1, 0.15) is 17.0 Å². The van der Waals surface area contributed by atoms with E-state index in [1.807, 2.05) is 19.3 Å². The van der Waals surface area contributed by atoms with Crippen LogP contribution in [-0.2, 0) is 12.8 Å². The quantitative estimate of drug-likeness (QED) is 0.775. The molecule has 3 N–H and O–H groups in total. The fourth-order valence-electron chi connectivity index (χ4n) is 1.44. The van der Waals surface area contributed by atoms with Gasteiger partial charge < -0.3 is 5.73 Å². The fraction of sp³-hybridized carbons (Fsp3) is 0.300. The standard InChI is InChI=1S/C10H13N5/c1-7-4-8(6-12-5-7)2-3-9-13-10(11)15-14-9/h4-6H,2-3H2,1H3,(H3,11,13,14,15). The van der Waals surface area contributed by atoms with E-state index in [-0.39, 0.29) is 0 Å². The Labute approximate surface area is 87.8 Å². The molecule has 2 heterocycles. The van der Waals surface area contributed by atoms with Gasteiger partial charge in [-0.25, -0.2) is 0 Å². The zero-order valence-electron chi connectivity index (χ0n) is 8.57. The Kier molecular flexibility index (Phi) is 2.62. The van der Waals surface area contributed by atoms with Gasteiger partial charge in [-0.05, 0) is 24.5 Å². The molecule has 2 aromatic heterocycles. The Morgan fingerprint density at radius 2 is 2.20 bits per heavy atom. The van der Waals surface area contributed by atoms with E-state index in [4.69, 9.17) is 5.73 Å². The van der Waals surface area contributed by atoms with Gasteiger partial charge in [-0.15, -0.1) is 5.10 Å². The van der Waals surface area contributed by atoms with Gasteiger partial charge in [-0.1, -0.05) is 6.07 Å². The number of nitrogens with two attached hydrogens (primary N) is 1. The van der Waals surface area contributed by atoms with Crippen molar-refractivity contribution < 1.29 is 0 Å². The summed E-state index contributed by atoms with van der Waals surface area (Å²) in [6.07, 6.45) is 5.40. The Bertz CT molecular complexity index is 449. The second-order valence-corrected chi connectivity index (χ2v) is 3.51. The van der Waals surface area contributed by atoms with Crippen molar-refractivity contribution in [3.8, 4) is 0 Å². The van der Waals surface area contributed by atoms with Crippen molar-refractivity contribution in [1.82, 2.24) is 20.2 Å². The second kappa shape index (κ2) is 4.08. The molecule has 0 aliphatic heterocycles. The lowest BCUT2D eigenvalue weighted by molar-refractivity contribution is 0.859. The summed E-state index contributed by atoms with van der Waals surface area (Å²) < 4.78 is 0.